The number of amides is 2. The summed E-state index contributed by atoms with van der Waals surface area (Å²) < 4.78 is 0. The molecule has 0 saturated carbocycles. The first-order chi connectivity index (χ1) is 14.4. The van der Waals surface area contributed by atoms with Gasteiger partial charge in [0.05, 0.1) is 10.0 Å². The van der Waals surface area contributed by atoms with Gasteiger partial charge in [0, 0.05) is 37.1 Å². The highest BCUT2D eigenvalue weighted by atomic mass is 35.5. The normalized spacial score (nSPS) is 20.0. The van der Waals surface area contributed by atoms with E-state index in [9.17, 15) is 9.59 Å². The highest BCUT2D eigenvalue weighted by molar-refractivity contribution is 6.42. The standard InChI is InChI=1S/C22H24Cl2N4O2/c1-14-3-2-4-20(25-14)27-10-7-15(8-11-27)26-21(29)17-9-12-28(22(17)30)16-5-6-18(23)19(24)13-16/h2-6,13,15,17H,7-12H2,1H3,(H,26,29). The first-order valence-corrected chi connectivity index (χ1v) is 10.9. The van der Waals surface area contributed by atoms with E-state index < -0.39 is 5.92 Å². The Bertz CT molecular complexity index is 960. The molecule has 158 valence electrons. The number of carbonyl (C=O) groups is 2. The second kappa shape index (κ2) is 8.82. The molecule has 2 aliphatic rings. The molecule has 2 amide bonds. The number of pyridine rings is 1. The smallest absolute Gasteiger partial charge is 0.239 e. The van der Waals surface area contributed by atoms with Gasteiger partial charge in [0.15, 0.2) is 0 Å². The number of nitrogens with one attached hydrogen (secondary N) is 1. The Labute approximate surface area is 186 Å². The minimum absolute atomic E-state index is 0.0744. The van der Waals surface area contributed by atoms with Gasteiger partial charge >= 0.3 is 0 Å². The average Bonchev–Trinajstić information content (AvgIpc) is 3.12. The summed E-state index contributed by atoms with van der Waals surface area (Å²) in [6.07, 6.45) is 2.16. The highest BCUT2D eigenvalue weighted by Gasteiger charge is 2.38. The Morgan fingerprint density at radius 2 is 1.83 bits per heavy atom. The van der Waals surface area contributed by atoms with Gasteiger partial charge in [0.1, 0.15) is 11.7 Å². The molecule has 2 aliphatic heterocycles. The molecular weight excluding hydrogens is 423 g/mol. The van der Waals surface area contributed by atoms with Gasteiger partial charge < -0.3 is 15.1 Å². The van der Waals surface area contributed by atoms with Crippen molar-refractivity contribution in [3.8, 4) is 0 Å². The van der Waals surface area contributed by atoms with E-state index in [0.29, 0.717) is 28.7 Å². The Morgan fingerprint density at radius 3 is 2.53 bits per heavy atom. The third-order valence-electron chi connectivity index (χ3n) is 5.78. The Morgan fingerprint density at radius 1 is 1.07 bits per heavy atom. The second-order valence-electron chi connectivity index (χ2n) is 7.84. The number of piperidine rings is 1. The number of hydrogen-bond donors (Lipinski definition) is 1. The van der Waals surface area contributed by atoms with E-state index in [1.165, 1.54) is 0 Å². The predicted octanol–water partition coefficient (Wildman–Crippen LogP) is 3.83. The van der Waals surface area contributed by atoms with Crippen LogP contribution in [0.1, 0.15) is 25.0 Å². The van der Waals surface area contributed by atoms with Crippen molar-refractivity contribution in [1.29, 1.82) is 0 Å². The summed E-state index contributed by atoms with van der Waals surface area (Å²) >= 11 is 12.0. The van der Waals surface area contributed by atoms with Crippen LogP contribution in [0, 0.1) is 12.8 Å². The Hall–Kier alpha value is -2.31. The van der Waals surface area contributed by atoms with E-state index in [0.717, 1.165) is 37.4 Å². The van der Waals surface area contributed by atoms with E-state index in [2.05, 4.69) is 15.2 Å². The maximum atomic E-state index is 12.8. The van der Waals surface area contributed by atoms with E-state index in [-0.39, 0.29) is 17.9 Å². The third kappa shape index (κ3) is 4.40. The summed E-state index contributed by atoms with van der Waals surface area (Å²) in [6, 6.07) is 11.2. The van der Waals surface area contributed by atoms with Crippen LogP contribution in [-0.4, -0.2) is 42.5 Å². The van der Waals surface area contributed by atoms with Crippen molar-refractivity contribution in [1.82, 2.24) is 10.3 Å². The summed E-state index contributed by atoms with van der Waals surface area (Å²) in [6.45, 7) is 4.13. The van der Waals surface area contributed by atoms with Crippen molar-refractivity contribution >= 4 is 46.5 Å². The molecule has 6 nitrogen and oxygen atoms in total. The van der Waals surface area contributed by atoms with Gasteiger partial charge in [-0.3, -0.25) is 9.59 Å². The topological polar surface area (TPSA) is 65.5 Å². The van der Waals surface area contributed by atoms with Gasteiger partial charge in [-0.1, -0.05) is 29.3 Å². The third-order valence-corrected chi connectivity index (χ3v) is 6.51. The lowest BCUT2D eigenvalue weighted by atomic mass is 10.0. The number of halogens is 2. The van der Waals surface area contributed by atoms with Crippen molar-refractivity contribution in [3.63, 3.8) is 0 Å². The number of nitrogens with zero attached hydrogens (tertiary/aromatic N) is 3. The molecule has 1 unspecified atom stereocenters. The van der Waals surface area contributed by atoms with Crippen molar-refractivity contribution in [2.75, 3.05) is 29.4 Å². The quantitative estimate of drug-likeness (QED) is 0.724. The van der Waals surface area contributed by atoms with Crippen LogP contribution in [-0.2, 0) is 9.59 Å². The molecule has 0 bridgehead atoms. The zero-order chi connectivity index (χ0) is 21.3. The van der Waals surface area contributed by atoms with Crippen LogP contribution in [0.4, 0.5) is 11.5 Å². The lowest BCUT2D eigenvalue weighted by molar-refractivity contribution is -0.132. The van der Waals surface area contributed by atoms with Gasteiger partial charge in [-0.15, -0.1) is 0 Å². The number of hydrogen-bond acceptors (Lipinski definition) is 4. The molecule has 1 N–H and O–H groups in total. The molecule has 2 aromatic rings. The van der Waals surface area contributed by atoms with Gasteiger partial charge in [0.2, 0.25) is 11.8 Å². The van der Waals surface area contributed by atoms with Crippen LogP contribution in [0.5, 0.6) is 0 Å². The number of rotatable bonds is 4. The minimum Gasteiger partial charge on any atom is -0.356 e. The predicted molar refractivity (Wildman–Crippen MR) is 119 cm³/mol. The molecule has 2 fully saturated rings. The Balaban J connectivity index is 1.32. The monoisotopic (exact) mass is 446 g/mol. The second-order valence-corrected chi connectivity index (χ2v) is 8.65. The number of aromatic nitrogens is 1. The molecule has 1 aromatic heterocycles. The molecule has 3 heterocycles. The van der Waals surface area contributed by atoms with E-state index >= 15 is 0 Å². The molecular formula is C22H24Cl2N4O2. The zero-order valence-electron chi connectivity index (χ0n) is 16.8. The molecule has 1 atom stereocenters. The van der Waals surface area contributed by atoms with Crippen LogP contribution in [0.15, 0.2) is 36.4 Å². The van der Waals surface area contributed by atoms with Gasteiger partial charge in [-0.2, -0.15) is 0 Å². The summed E-state index contributed by atoms with van der Waals surface area (Å²) in [7, 11) is 0. The van der Waals surface area contributed by atoms with Crippen molar-refractivity contribution in [2.24, 2.45) is 5.92 Å². The summed E-state index contributed by atoms with van der Waals surface area (Å²) in [5.41, 5.74) is 1.66. The molecule has 0 radical (unpaired) electrons. The maximum Gasteiger partial charge on any atom is 0.239 e. The van der Waals surface area contributed by atoms with E-state index in [4.69, 9.17) is 23.2 Å². The first-order valence-electron chi connectivity index (χ1n) is 10.2. The molecule has 8 heteroatoms. The van der Waals surface area contributed by atoms with Gasteiger partial charge in [0.25, 0.3) is 0 Å². The van der Waals surface area contributed by atoms with Crippen LogP contribution >= 0.6 is 23.2 Å². The summed E-state index contributed by atoms with van der Waals surface area (Å²) in [5, 5.41) is 3.92. The van der Waals surface area contributed by atoms with E-state index in [1.807, 2.05) is 25.1 Å². The lowest BCUT2D eigenvalue weighted by Gasteiger charge is -2.33. The molecule has 0 spiro atoms. The Kier molecular flexibility index (Phi) is 6.16. The molecule has 1 aromatic carbocycles. The van der Waals surface area contributed by atoms with E-state index in [1.54, 1.807) is 23.1 Å². The largest absolute Gasteiger partial charge is 0.356 e. The minimum atomic E-state index is -0.657. The van der Waals surface area contributed by atoms with Crippen molar-refractivity contribution in [3.05, 3.63) is 52.1 Å². The number of aryl methyl sites for hydroxylation is 1. The molecule has 2 saturated heterocycles. The molecule has 30 heavy (non-hydrogen) atoms. The van der Waals surface area contributed by atoms with Gasteiger partial charge in [-0.25, -0.2) is 4.98 Å². The fourth-order valence-electron chi connectivity index (χ4n) is 4.09. The van der Waals surface area contributed by atoms with Crippen LogP contribution in [0.3, 0.4) is 0 Å². The van der Waals surface area contributed by atoms with Gasteiger partial charge in [-0.05, 0) is 56.5 Å². The van der Waals surface area contributed by atoms with Crippen molar-refractivity contribution < 1.29 is 9.59 Å². The fraction of sp³-hybridized carbons (Fsp3) is 0.409. The number of benzene rings is 1. The SMILES string of the molecule is Cc1cccc(N2CCC(NC(=O)C3CCN(c4ccc(Cl)c(Cl)c4)C3=O)CC2)n1. The van der Waals surface area contributed by atoms with Crippen LogP contribution in [0.25, 0.3) is 0 Å². The molecule has 4 rings (SSSR count). The number of anilines is 2. The fourth-order valence-corrected chi connectivity index (χ4v) is 4.38. The average molecular weight is 447 g/mol. The zero-order valence-corrected chi connectivity index (χ0v) is 18.3. The number of carbonyl (C=O) groups excluding carboxylic acids is 2. The lowest BCUT2D eigenvalue weighted by Crippen LogP contribution is -2.47. The van der Waals surface area contributed by atoms with Crippen LogP contribution in [0.2, 0.25) is 10.0 Å². The molecule has 0 aliphatic carbocycles. The first kappa shape index (κ1) is 20.9. The summed E-state index contributed by atoms with van der Waals surface area (Å²) in [4.78, 5) is 34.0. The maximum absolute atomic E-state index is 12.8. The van der Waals surface area contributed by atoms with Crippen molar-refractivity contribution in [2.45, 2.75) is 32.2 Å². The highest BCUT2D eigenvalue weighted by Crippen LogP contribution is 2.31. The summed E-state index contributed by atoms with van der Waals surface area (Å²) in [5.74, 6) is -0.0547. The van der Waals surface area contributed by atoms with Crippen LogP contribution < -0.4 is 15.1 Å².